The van der Waals surface area contributed by atoms with Crippen molar-refractivity contribution in [3.8, 4) is 11.5 Å². The molecule has 0 fully saturated rings. The normalized spacial score (nSPS) is 12.1. The Hall–Kier alpha value is -4.12. The maximum atomic E-state index is 13.0. The number of aromatic hydroxyl groups is 2. The van der Waals surface area contributed by atoms with Crippen LogP contribution < -0.4 is 10.6 Å². The molecule has 4 N–H and O–H groups in total. The molecule has 3 rings (SSSR count). The first-order valence-corrected chi connectivity index (χ1v) is 10.5. The number of rotatable bonds is 8. The lowest BCUT2D eigenvalue weighted by molar-refractivity contribution is 0.0973. The average molecular weight is 471 g/mol. The van der Waals surface area contributed by atoms with E-state index in [0.717, 1.165) is 0 Å². The van der Waals surface area contributed by atoms with Crippen molar-refractivity contribution >= 4 is 23.8 Å². The lowest BCUT2D eigenvalue weighted by Crippen LogP contribution is -2.34. The van der Waals surface area contributed by atoms with E-state index >= 15 is 0 Å². The third-order valence-corrected chi connectivity index (χ3v) is 5.26. The van der Waals surface area contributed by atoms with E-state index in [1.54, 1.807) is 4.90 Å². The number of carbonyl (C=O) groups is 4. The Bertz CT molecular complexity index is 1110. The summed E-state index contributed by atoms with van der Waals surface area (Å²) in [7, 11) is 2.87. The molecule has 0 saturated heterocycles. The molecule has 2 amide bonds. The van der Waals surface area contributed by atoms with Crippen LogP contribution in [0.5, 0.6) is 11.5 Å². The standard InChI is InChI=1S/C23H25N3O8/c1-24-22(31)33-8-6-26(7-9-34-23(32)25-2)12-13-10-15-19(17(28)11-13)21(30)18-14(20(15)29)4-3-5-16(18)27/h3-5,10-11,27-28H,6-9,12H2,1-2H3,(H,24,31)(H,25,32). The third-order valence-electron chi connectivity index (χ3n) is 5.26. The summed E-state index contributed by atoms with van der Waals surface area (Å²) >= 11 is 0. The van der Waals surface area contributed by atoms with Crippen LogP contribution in [0, 0.1) is 0 Å². The summed E-state index contributed by atoms with van der Waals surface area (Å²) in [6, 6.07) is 7.09. The van der Waals surface area contributed by atoms with E-state index in [-0.39, 0.29) is 66.6 Å². The van der Waals surface area contributed by atoms with Crippen molar-refractivity contribution < 1.29 is 38.9 Å². The van der Waals surface area contributed by atoms with Gasteiger partial charge in [0.25, 0.3) is 0 Å². The number of hydrogen-bond acceptors (Lipinski definition) is 9. The monoisotopic (exact) mass is 471 g/mol. The van der Waals surface area contributed by atoms with Crippen LogP contribution in [0.15, 0.2) is 30.3 Å². The molecule has 1 aliphatic rings. The molecule has 0 atom stereocenters. The number of phenolic OH excluding ortho intramolecular Hbond substituents is 2. The summed E-state index contributed by atoms with van der Waals surface area (Å²) in [5.74, 6) is -1.84. The summed E-state index contributed by atoms with van der Waals surface area (Å²) in [5, 5.41) is 25.3. The van der Waals surface area contributed by atoms with Gasteiger partial charge in [-0.25, -0.2) is 9.59 Å². The fraction of sp³-hybridized carbons (Fsp3) is 0.304. The van der Waals surface area contributed by atoms with Crippen molar-refractivity contribution in [3.63, 3.8) is 0 Å². The van der Waals surface area contributed by atoms with E-state index < -0.39 is 23.8 Å². The highest BCUT2D eigenvalue weighted by atomic mass is 16.6. The Morgan fingerprint density at radius 1 is 0.853 bits per heavy atom. The predicted molar refractivity (Wildman–Crippen MR) is 119 cm³/mol. The van der Waals surface area contributed by atoms with Crippen LogP contribution in [0.2, 0.25) is 0 Å². The Balaban J connectivity index is 1.84. The minimum absolute atomic E-state index is 0.0290. The highest BCUT2D eigenvalue weighted by Crippen LogP contribution is 2.37. The molecule has 34 heavy (non-hydrogen) atoms. The molecule has 0 spiro atoms. The number of nitrogens with zero attached hydrogens (tertiary/aromatic N) is 1. The number of ketones is 2. The van der Waals surface area contributed by atoms with Crippen molar-refractivity contribution in [1.82, 2.24) is 15.5 Å². The molecule has 2 aromatic carbocycles. The zero-order valence-corrected chi connectivity index (χ0v) is 18.7. The summed E-state index contributed by atoms with van der Waals surface area (Å²) in [5.41, 5.74) is 0.300. The van der Waals surface area contributed by atoms with Gasteiger partial charge in [-0.05, 0) is 23.8 Å². The Labute approximate surface area is 195 Å². The van der Waals surface area contributed by atoms with Gasteiger partial charge in [-0.2, -0.15) is 0 Å². The van der Waals surface area contributed by atoms with Gasteiger partial charge >= 0.3 is 12.2 Å². The first-order valence-electron chi connectivity index (χ1n) is 10.5. The molecule has 0 radical (unpaired) electrons. The fourth-order valence-corrected chi connectivity index (χ4v) is 3.64. The molecule has 0 unspecified atom stereocenters. The van der Waals surface area contributed by atoms with Crippen LogP contribution in [0.4, 0.5) is 9.59 Å². The van der Waals surface area contributed by atoms with Crippen LogP contribution in [0.25, 0.3) is 0 Å². The number of ether oxygens (including phenoxy) is 2. The number of carbonyl (C=O) groups excluding carboxylic acids is 4. The molecule has 11 nitrogen and oxygen atoms in total. The zero-order valence-electron chi connectivity index (χ0n) is 18.7. The van der Waals surface area contributed by atoms with Gasteiger partial charge < -0.3 is 30.3 Å². The van der Waals surface area contributed by atoms with Gasteiger partial charge in [-0.3, -0.25) is 14.5 Å². The average Bonchev–Trinajstić information content (AvgIpc) is 2.81. The number of amides is 2. The van der Waals surface area contributed by atoms with Crippen LogP contribution in [-0.4, -0.2) is 79.3 Å². The molecule has 0 aliphatic heterocycles. The van der Waals surface area contributed by atoms with E-state index in [9.17, 15) is 29.4 Å². The van der Waals surface area contributed by atoms with Crippen LogP contribution >= 0.6 is 0 Å². The minimum Gasteiger partial charge on any atom is -0.507 e. The number of fused-ring (bicyclic) bond motifs is 2. The minimum atomic E-state index is -0.637. The van der Waals surface area contributed by atoms with Gasteiger partial charge in [0, 0.05) is 44.9 Å². The lowest BCUT2D eigenvalue weighted by atomic mass is 9.82. The Morgan fingerprint density at radius 2 is 1.44 bits per heavy atom. The third kappa shape index (κ3) is 5.26. The molecule has 2 aromatic rings. The molecule has 0 aromatic heterocycles. The van der Waals surface area contributed by atoms with Crippen molar-refractivity contribution in [3.05, 3.63) is 58.1 Å². The fourth-order valence-electron chi connectivity index (χ4n) is 3.64. The molecule has 0 bridgehead atoms. The largest absolute Gasteiger partial charge is 0.507 e. The van der Waals surface area contributed by atoms with E-state index in [1.807, 2.05) is 0 Å². The summed E-state index contributed by atoms with van der Waals surface area (Å²) in [6.45, 7) is 0.822. The number of phenols is 2. The zero-order chi connectivity index (χ0) is 24.8. The summed E-state index contributed by atoms with van der Waals surface area (Å²) < 4.78 is 10.0. The summed E-state index contributed by atoms with van der Waals surface area (Å²) in [4.78, 5) is 50.4. The highest BCUT2D eigenvalue weighted by Gasteiger charge is 2.34. The van der Waals surface area contributed by atoms with Crippen LogP contribution in [0.1, 0.15) is 37.4 Å². The van der Waals surface area contributed by atoms with Gasteiger partial charge in [0.2, 0.25) is 5.78 Å². The maximum Gasteiger partial charge on any atom is 0.406 e. The number of benzene rings is 2. The van der Waals surface area contributed by atoms with Crippen molar-refractivity contribution in [1.29, 1.82) is 0 Å². The van der Waals surface area contributed by atoms with E-state index in [4.69, 9.17) is 9.47 Å². The van der Waals surface area contributed by atoms with E-state index in [2.05, 4.69) is 10.6 Å². The Morgan fingerprint density at radius 3 is 2.03 bits per heavy atom. The van der Waals surface area contributed by atoms with Crippen LogP contribution in [-0.2, 0) is 16.0 Å². The Kier molecular flexibility index (Phi) is 7.69. The summed E-state index contributed by atoms with van der Waals surface area (Å²) in [6.07, 6.45) is -1.20. The molecule has 0 heterocycles. The van der Waals surface area contributed by atoms with E-state index in [0.29, 0.717) is 5.56 Å². The maximum absolute atomic E-state index is 13.0. The molecule has 0 saturated carbocycles. The number of alkyl carbamates (subject to hydrolysis) is 2. The van der Waals surface area contributed by atoms with Crippen LogP contribution in [0.3, 0.4) is 0 Å². The second kappa shape index (κ2) is 10.7. The molecule has 180 valence electrons. The predicted octanol–water partition coefficient (Wildman–Crippen LogP) is 1.39. The lowest BCUT2D eigenvalue weighted by Gasteiger charge is -2.24. The van der Waals surface area contributed by atoms with Gasteiger partial charge in [0.05, 0.1) is 11.1 Å². The molecule has 1 aliphatic carbocycles. The van der Waals surface area contributed by atoms with Gasteiger partial charge in [0.1, 0.15) is 24.7 Å². The topological polar surface area (TPSA) is 154 Å². The quantitative estimate of drug-likeness (QED) is 0.381. The molecular weight excluding hydrogens is 446 g/mol. The van der Waals surface area contributed by atoms with Crippen molar-refractivity contribution in [2.75, 3.05) is 40.4 Å². The van der Waals surface area contributed by atoms with Gasteiger partial charge in [-0.15, -0.1) is 0 Å². The number of nitrogens with one attached hydrogen (secondary N) is 2. The first kappa shape index (κ1) is 24.5. The second-order valence-electron chi connectivity index (χ2n) is 7.44. The second-order valence-corrected chi connectivity index (χ2v) is 7.44. The number of hydrogen-bond donors (Lipinski definition) is 4. The van der Waals surface area contributed by atoms with Gasteiger partial charge in [-0.1, -0.05) is 12.1 Å². The molecule has 11 heteroatoms. The smallest absolute Gasteiger partial charge is 0.406 e. The van der Waals surface area contributed by atoms with E-state index in [1.165, 1.54) is 44.4 Å². The first-order chi connectivity index (χ1) is 16.3. The highest BCUT2D eigenvalue weighted by molar-refractivity contribution is 6.30. The van der Waals surface area contributed by atoms with Crippen molar-refractivity contribution in [2.45, 2.75) is 6.54 Å². The molecular formula is C23H25N3O8. The SMILES string of the molecule is CNC(=O)OCCN(CCOC(=O)NC)Cc1cc(O)c2c(c1)C(=O)c1cccc(O)c1C2=O. The van der Waals surface area contributed by atoms with Gasteiger partial charge in [0.15, 0.2) is 5.78 Å². The van der Waals surface area contributed by atoms with Crippen molar-refractivity contribution in [2.24, 2.45) is 0 Å².